The molecule has 0 bridgehead atoms. The molecule has 0 aliphatic carbocycles. The Morgan fingerprint density at radius 1 is 1.32 bits per heavy atom. The number of amides is 1. The summed E-state index contributed by atoms with van der Waals surface area (Å²) in [4.78, 5) is 23.6. The zero-order chi connectivity index (χ0) is 21.3. The first-order valence-corrected chi connectivity index (χ1v) is 9.23. The number of pyridine rings is 1. The molecule has 0 atom stereocenters. The molecule has 1 aromatic heterocycles. The first-order chi connectivity index (χ1) is 12.8. The fraction of sp³-hybridized carbons (Fsp3) is 0.200. The maximum Gasteiger partial charge on any atom is 0.417 e. The van der Waals surface area contributed by atoms with E-state index in [1.54, 1.807) is 0 Å². The molecule has 2 rings (SSSR count). The number of nitrogens with two attached hydrogens (primary N) is 1. The van der Waals surface area contributed by atoms with Gasteiger partial charge in [-0.15, -0.1) is 0 Å². The summed E-state index contributed by atoms with van der Waals surface area (Å²) in [7, 11) is -2.96. The van der Waals surface area contributed by atoms with Crippen LogP contribution in [0.2, 0.25) is 5.02 Å². The predicted octanol–water partition coefficient (Wildman–Crippen LogP) is 1.82. The van der Waals surface area contributed by atoms with Gasteiger partial charge in [0.15, 0.2) is 0 Å². The van der Waals surface area contributed by atoms with E-state index in [4.69, 9.17) is 21.5 Å². The van der Waals surface area contributed by atoms with E-state index in [9.17, 15) is 31.2 Å². The molecule has 152 valence electrons. The first-order valence-electron chi connectivity index (χ1n) is 7.31. The molecular weight excluding hydrogens is 427 g/mol. The van der Waals surface area contributed by atoms with Gasteiger partial charge in [0.2, 0.25) is 15.9 Å². The molecule has 13 heteroatoms. The number of hydrogen-bond acceptors (Lipinski definition) is 5. The lowest BCUT2D eigenvalue weighted by molar-refractivity contribution is -0.138. The minimum absolute atomic E-state index is 0.0269. The number of aromatic nitrogens is 1. The van der Waals surface area contributed by atoms with Crippen LogP contribution in [0.5, 0.6) is 5.75 Å². The number of methoxy groups -OCH3 is 1. The maximum atomic E-state index is 12.8. The third-order valence-electron chi connectivity index (χ3n) is 3.44. The van der Waals surface area contributed by atoms with Crippen LogP contribution >= 0.6 is 11.6 Å². The fourth-order valence-electron chi connectivity index (χ4n) is 2.20. The molecule has 1 amide bonds. The van der Waals surface area contributed by atoms with E-state index in [-0.39, 0.29) is 11.4 Å². The van der Waals surface area contributed by atoms with Crippen molar-refractivity contribution in [3.8, 4) is 5.75 Å². The summed E-state index contributed by atoms with van der Waals surface area (Å²) in [6.07, 6.45) is -4.31. The summed E-state index contributed by atoms with van der Waals surface area (Å²) in [5.41, 5.74) is -2.23. The lowest BCUT2D eigenvalue weighted by Gasteiger charge is -2.13. The smallest absolute Gasteiger partial charge is 0.417 e. The minimum Gasteiger partial charge on any atom is -0.495 e. The number of hydrogen-bond donors (Lipinski definition) is 2. The molecule has 8 nitrogen and oxygen atoms in total. The fourth-order valence-corrected chi connectivity index (χ4v) is 3.15. The van der Waals surface area contributed by atoms with Gasteiger partial charge in [0.1, 0.15) is 22.2 Å². The lowest BCUT2D eigenvalue weighted by atomic mass is 10.2. The Kier molecular flexibility index (Phi) is 6.06. The molecule has 0 unspecified atom stereocenters. The molecule has 0 saturated carbocycles. The molecule has 28 heavy (non-hydrogen) atoms. The standard InChI is InChI=1S/C15H13ClF3N3O5S/c1-27-11-3-2-9(5-12(11)28(20,25)26)21-13(23)7-22-6-8(15(17,18)19)4-10(16)14(22)24/h2-6H,7H2,1H3,(H,21,23)(H2,20,25,26). The Bertz CT molecular complexity index is 1080. The largest absolute Gasteiger partial charge is 0.495 e. The summed E-state index contributed by atoms with van der Waals surface area (Å²) in [5, 5.41) is 6.62. The van der Waals surface area contributed by atoms with Crippen molar-refractivity contribution in [2.24, 2.45) is 5.14 Å². The predicted molar refractivity (Wildman–Crippen MR) is 93.7 cm³/mol. The second-order valence-electron chi connectivity index (χ2n) is 5.47. The van der Waals surface area contributed by atoms with Crippen LogP contribution in [0, 0.1) is 0 Å². The van der Waals surface area contributed by atoms with Crippen molar-refractivity contribution in [2.45, 2.75) is 17.6 Å². The quantitative estimate of drug-likeness (QED) is 0.736. The number of primary sulfonamides is 1. The highest BCUT2D eigenvalue weighted by atomic mass is 35.5. The minimum atomic E-state index is -4.77. The van der Waals surface area contributed by atoms with Crippen LogP contribution in [0.4, 0.5) is 18.9 Å². The van der Waals surface area contributed by atoms with Gasteiger partial charge in [-0.25, -0.2) is 13.6 Å². The van der Waals surface area contributed by atoms with Crippen molar-refractivity contribution in [3.63, 3.8) is 0 Å². The van der Waals surface area contributed by atoms with Crippen LogP contribution in [0.15, 0.2) is 40.2 Å². The van der Waals surface area contributed by atoms with E-state index >= 15 is 0 Å². The third-order valence-corrected chi connectivity index (χ3v) is 4.64. The van der Waals surface area contributed by atoms with Gasteiger partial charge in [-0.3, -0.25) is 9.59 Å². The van der Waals surface area contributed by atoms with Gasteiger partial charge in [0, 0.05) is 11.9 Å². The molecule has 2 aromatic rings. The monoisotopic (exact) mass is 439 g/mol. The molecule has 1 heterocycles. The molecule has 1 aromatic carbocycles. The van der Waals surface area contributed by atoms with E-state index in [0.717, 1.165) is 6.07 Å². The second kappa shape index (κ2) is 7.81. The van der Waals surface area contributed by atoms with Crippen molar-refractivity contribution in [3.05, 3.63) is 51.4 Å². The molecule has 0 spiro atoms. The maximum absolute atomic E-state index is 12.8. The molecular formula is C15H13ClF3N3O5S. The SMILES string of the molecule is COc1ccc(NC(=O)Cn2cc(C(F)(F)F)cc(Cl)c2=O)cc1S(N)(=O)=O. The van der Waals surface area contributed by atoms with Crippen LogP contribution in [0.3, 0.4) is 0 Å². The number of nitrogens with one attached hydrogen (secondary N) is 1. The highest BCUT2D eigenvalue weighted by molar-refractivity contribution is 7.89. The molecule has 0 saturated heterocycles. The van der Waals surface area contributed by atoms with Crippen molar-refractivity contribution in [2.75, 3.05) is 12.4 Å². The Labute approximate surface area is 161 Å². The van der Waals surface area contributed by atoms with Gasteiger partial charge in [-0.1, -0.05) is 11.6 Å². The number of benzene rings is 1. The zero-order valence-electron chi connectivity index (χ0n) is 14.1. The number of carbonyl (C=O) groups excluding carboxylic acids is 1. The average Bonchev–Trinajstić information content (AvgIpc) is 2.57. The van der Waals surface area contributed by atoms with Crippen LogP contribution in [0.25, 0.3) is 0 Å². The number of sulfonamides is 1. The van der Waals surface area contributed by atoms with Gasteiger partial charge in [0.05, 0.1) is 12.7 Å². The molecule has 0 aliphatic heterocycles. The molecule has 3 N–H and O–H groups in total. The second-order valence-corrected chi connectivity index (χ2v) is 7.40. The summed E-state index contributed by atoms with van der Waals surface area (Å²) < 4.78 is 67.0. The third kappa shape index (κ3) is 5.03. The van der Waals surface area contributed by atoms with Crippen molar-refractivity contribution in [1.82, 2.24) is 4.57 Å². The summed E-state index contributed by atoms with van der Waals surface area (Å²) in [6.45, 7) is -0.792. The van der Waals surface area contributed by atoms with E-state index in [2.05, 4.69) is 5.32 Å². The van der Waals surface area contributed by atoms with E-state index in [1.165, 1.54) is 19.2 Å². The average molecular weight is 440 g/mol. The Morgan fingerprint density at radius 2 is 1.96 bits per heavy atom. The number of anilines is 1. The Hall–Kier alpha value is -2.57. The van der Waals surface area contributed by atoms with Crippen molar-refractivity contribution < 1.29 is 31.1 Å². The van der Waals surface area contributed by atoms with Gasteiger partial charge in [-0.05, 0) is 24.3 Å². The zero-order valence-corrected chi connectivity index (χ0v) is 15.7. The van der Waals surface area contributed by atoms with Gasteiger partial charge < -0.3 is 14.6 Å². The summed E-state index contributed by atoms with van der Waals surface area (Å²) >= 11 is 5.51. The molecule has 0 fully saturated rings. The van der Waals surface area contributed by atoms with Crippen molar-refractivity contribution >= 4 is 33.2 Å². The van der Waals surface area contributed by atoms with Gasteiger partial charge in [0.25, 0.3) is 5.56 Å². The number of halogens is 4. The summed E-state index contributed by atoms with van der Waals surface area (Å²) in [5.74, 6) is -0.968. The highest BCUT2D eigenvalue weighted by Crippen LogP contribution is 2.30. The topological polar surface area (TPSA) is 120 Å². The Balaban J connectivity index is 2.31. The van der Waals surface area contributed by atoms with Crippen LogP contribution in [-0.4, -0.2) is 26.0 Å². The summed E-state index contributed by atoms with van der Waals surface area (Å²) in [6, 6.07) is 3.98. The number of rotatable bonds is 5. The number of ether oxygens (including phenoxy) is 1. The number of nitrogens with zero attached hydrogens (tertiary/aromatic N) is 1. The lowest BCUT2D eigenvalue weighted by Crippen LogP contribution is -2.29. The highest BCUT2D eigenvalue weighted by Gasteiger charge is 2.32. The van der Waals surface area contributed by atoms with Crippen LogP contribution < -0.4 is 20.8 Å². The van der Waals surface area contributed by atoms with Crippen molar-refractivity contribution in [1.29, 1.82) is 0 Å². The Morgan fingerprint density at radius 3 is 2.50 bits per heavy atom. The normalized spacial score (nSPS) is 11.9. The number of carbonyl (C=O) groups is 1. The van der Waals surface area contributed by atoms with E-state index in [0.29, 0.717) is 16.8 Å². The van der Waals surface area contributed by atoms with E-state index in [1.807, 2.05) is 0 Å². The molecule has 0 radical (unpaired) electrons. The number of alkyl halides is 3. The van der Waals surface area contributed by atoms with Gasteiger partial charge in [-0.2, -0.15) is 13.2 Å². The molecule has 0 aliphatic rings. The van der Waals surface area contributed by atoms with Crippen LogP contribution in [0.1, 0.15) is 5.56 Å². The first kappa shape index (κ1) is 21.7. The van der Waals surface area contributed by atoms with Crippen LogP contribution in [-0.2, 0) is 27.5 Å². The van der Waals surface area contributed by atoms with Gasteiger partial charge >= 0.3 is 6.18 Å². The van der Waals surface area contributed by atoms with E-state index < -0.39 is 49.7 Å².